The van der Waals surface area contributed by atoms with E-state index in [9.17, 15) is 15.0 Å². The van der Waals surface area contributed by atoms with Crippen molar-refractivity contribution in [3.63, 3.8) is 0 Å². The fourth-order valence-corrected chi connectivity index (χ4v) is 1.54. The first-order valence-electron chi connectivity index (χ1n) is 4.33. The fraction of sp³-hybridized carbons (Fsp3) is 0.875. The van der Waals surface area contributed by atoms with Crippen LogP contribution in [0.15, 0.2) is 0 Å². The second-order valence-electron chi connectivity index (χ2n) is 3.39. The first kappa shape index (κ1) is 10.4. The van der Waals surface area contributed by atoms with Gasteiger partial charge in [-0.15, -0.1) is 0 Å². The highest BCUT2D eigenvalue weighted by atomic mass is 16.5. The normalized spacial score (nSPS) is 39.1. The molecule has 1 fully saturated rings. The quantitative estimate of drug-likeness (QED) is 0.473. The predicted octanol–water partition coefficient (Wildman–Crippen LogP) is -1.24. The van der Waals surface area contributed by atoms with Gasteiger partial charge in [0.05, 0.1) is 12.7 Å². The Morgan fingerprint density at radius 2 is 2.31 bits per heavy atom. The van der Waals surface area contributed by atoms with Gasteiger partial charge in [-0.2, -0.15) is 0 Å². The smallest absolute Gasteiger partial charge is 0.338 e. The number of hydrogen-bond donors (Lipinski definition) is 3. The van der Waals surface area contributed by atoms with Crippen LogP contribution >= 0.6 is 0 Å². The van der Waals surface area contributed by atoms with Crippen LogP contribution in [0.2, 0.25) is 0 Å². The van der Waals surface area contributed by atoms with Crippen molar-refractivity contribution in [3.8, 4) is 0 Å². The van der Waals surface area contributed by atoms with E-state index in [1.165, 1.54) is 0 Å². The fourth-order valence-electron chi connectivity index (χ4n) is 1.54. The molecule has 1 rings (SSSR count). The summed E-state index contributed by atoms with van der Waals surface area (Å²) in [5, 5.41) is 19.0. The maximum atomic E-state index is 11.2. The molecule has 0 aromatic heterocycles. The summed E-state index contributed by atoms with van der Waals surface area (Å²) >= 11 is 0. The molecule has 0 aromatic carbocycles. The zero-order valence-corrected chi connectivity index (χ0v) is 7.56. The largest absolute Gasteiger partial charge is 0.464 e. The Morgan fingerprint density at radius 3 is 2.69 bits per heavy atom. The van der Waals surface area contributed by atoms with E-state index in [2.05, 4.69) is 4.74 Å². The van der Waals surface area contributed by atoms with Crippen molar-refractivity contribution < 1.29 is 19.7 Å². The molecule has 13 heavy (non-hydrogen) atoms. The van der Waals surface area contributed by atoms with Gasteiger partial charge in [-0.25, -0.2) is 4.79 Å². The molecule has 4 N–H and O–H groups in total. The number of aliphatic hydroxyl groups excluding tert-OH is 1. The van der Waals surface area contributed by atoms with E-state index in [1.54, 1.807) is 6.92 Å². The minimum Gasteiger partial charge on any atom is -0.464 e. The van der Waals surface area contributed by atoms with Gasteiger partial charge in [-0.05, 0) is 6.92 Å². The molecule has 1 saturated carbocycles. The SMILES string of the molecule is CCOC(=O)[C@]1(O)CC(O)[C@H](N)C1. The Bertz CT molecular complexity index is 196. The minimum absolute atomic E-state index is 0.0347. The van der Waals surface area contributed by atoms with E-state index >= 15 is 0 Å². The molecular weight excluding hydrogens is 174 g/mol. The summed E-state index contributed by atoms with van der Waals surface area (Å²) in [5.41, 5.74) is 3.88. The van der Waals surface area contributed by atoms with E-state index in [0.29, 0.717) is 0 Å². The van der Waals surface area contributed by atoms with Gasteiger partial charge in [-0.1, -0.05) is 0 Å². The molecular formula is C8H15NO4. The van der Waals surface area contributed by atoms with E-state index in [1.807, 2.05) is 0 Å². The Hall–Kier alpha value is -0.650. The third-order valence-electron chi connectivity index (χ3n) is 2.27. The van der Waals surface area contributed by atoms with Crippen molar-refractivity contribution in [1.29, 1.82) is 0 Å². The first-order valence-corrected chi connectivity index (χ1v) is 4.33. The van der Waals surface area contributed by atoms with Crippen molar-refractivity contribution in [2.24, 2.45) is 5.73 Å². The van der Waals surface area contributed by atoms with E-state index in [0.717, 1.165) is 0 Å². The molecule has 5 heteroatoms. The second-order valence-corrected chi connectivity index (χ2v) is 3.39. The maximum absolute atomic E-state index is 11.2. The van der Waals surface area contributed by atoms with Gasteiger partial charge >= 0.3 is 5.97 Å². The minimum atomic E-state index is -1.59. The number of nitrogens with two attached hydrogens (primary N) is 1. The summed E-state index contributed by atoms with van der Waals surface area (Å²) in [4.78, 5) is 11.2. The van der Waals surface area contributed by atoms with E-state index in [4.69, 9.17) is 5.73 Å². The average molecular weight is 189 g/mol. The lowest BCUT2D eigenvalue weighted by molar-refractivity contribution is -0.165. The van der Waals surface area contributed by atoms with E-state index < -0.39 is 23.7 Å². The van der Waals surface area contributed by atoms with Crippen molar-refractivity contribution in [3.05, 3.63) is 0 Å². The Morgan fingerprint density at radius 1 is 1.69 bits per heavy atom. The molecule has 1 aliphatic rings. The molecule has 0 amide bonds. The van der Waals surface area contributed by atoms with Crippen LogP contribution < -0.4 is 5.73 Å². The van der Waals surface area contributed by atoms with Crippen LogP contribution in [0.1, 0.15) is 19.8 Å². The number of ether oxygens (including phenoxy) is 1. The number of esters is 1. The molecule has 3 atom stereocenters. The van der Waals surface area contributed by atoms with Gasteiger partial charge < -0.3 is 20.7 Å². The van der Waals surface area contributed by atoms with Crippen LogP contribution in [0.3, 0.4) is 0 Å². The summed E-state index contributed by atoms with van der Waals surface area (Å²) in [7, 11) is 0. The highest BCUT2D eigenvalue weighted by molar-refractivity contribution is 5.80. The number of carbonyl (C=O) groups is 1. The van der Waals surface area contributed by atoms with Gasteiger partial charge in [-0.3, -0.25) is 0 Å². The molecule has 1 aliphatic carbocycles. The molecule has 0 radical (unpaired) electrons. The predicted molar refractivity (Wildman–Crippen MR) is 44.8 cm³/mol. The van der Waals surface area contributed by atoms with Crippen LogP contribution in [0.4, 0.5) is 0 Å². The Labute approximate surface area is 76.5 Å². The molecule has 0 aromatic rings. The molecule has 76 valence electrons. The topological polar surface area (TPSA) is 92.8 Å². The first-order chi connectivity index (χ1) is 5.99. The molecule has 0 saturated heterocycles. The maximum Gasteiger partial charge on any atom is 0.338 e. The van der Waals surface area contributed by atoms with Crippen LogP contribution in [0.5, 0.6) is 0 Å². The summed E-state index contributed by atoms with van der Waals surface area (Å²) < 4.78 is 4.67. The Kier molecular flexibility index (Phi) is 2.90. The lowest BCUT2D eigenvalue weighted by Crippen LogP contribution is -2.38. The average Bonchev–Trinajstić information content (AvgIpc) is 2.28. The molecule has 5 nitrogen and oxygen atoms in total. The van der Waals surface area contributed by atoms with Gasteiger partial charge in [0.2, 0.25) is 0 Å². The number of rotatable bonds is 2. The highest BCUT2D eigenvalue weighted by Gasteiger charge is 2.48. The number of hydrogen-bond acceptors (Lipinski definition) is 5. The summed E-state index contributed by atoms with van der Waals surface area (Å²) in [6.07, 6.45) is -0.797. The third kappa shape index (κ3) is 1.99. The summed E-state index contributed by atoms with van der Waals surface area (Å²) in [6.45, 7) is 1.87. The van der Waals surface area contributed by atoms with Crippen molar-refractivity contribution in [2.75, 3.05) is 6.61 Å². The standard InChI is InChI=1S/C8H15NO4/c1-2-13-7(11)8(12)3-5(9)6(10)4-8/h5-6,10,12H,2-4,9H2,1H3/t5-,6?,8-/m1/s1. The van der Waals surface area contributed by atoms with E-state index in [-0.39, 0.29) is 19.4 Å². The summed E-state index contributed by atoms with van der Waals surface area (Å²) in [6, 6.07) is -0.547. The molecule has 0 aliphatic heterocycles. The van der Waals surface area contributed by atoms with Crippen molar-refractivity contribution in [2.45, 2.75) is 37.5 Å². The molecule has 0 bridgehead atoms. The molecule has 1 unspecified atom stereocenters. The monoisotopic (exact) mass is 189 g/mol. The zero-order chi connectivity index (χ0) is 10.1. The van der Waals surface area contributed by atoms with Gasteiger partial charge in [0, 0.05) is 18.9 Å². The summed E-state index contributed by atoms with van der Waals surface area (Å²) in [5.74, 6) is -0.693. The van der Waals surface area contributed by atoms with Crippen LogP contribution in [-0.2, 0) is 9.53 Å². The molecule has 0 spiro atoms. The zero-order valence-electron chi connectivity index (χ0n) is 7.56. The Balaban J connectivity index is 2.63. The highest BCUT2D eigenvalue weighted by Crippen LogP contribution is 2.30. The van der Waals surface area contributed by atoms with Crippen molar-refractivity contribution >= 4 is 5.97 Å². The third-order valence-corrected chi connectivity index (χ3v) is 2.27. The molecule has 0 heterocycles. The lowest BCUT2D eigenvalue weighted by Gasteiger charge is -2.19. The number of aliphatic hydroxyl groups is 2. The van der Waals surface area contributed by atoms with Crippen LogP contribution in [0, 0.1) is 0 Å². The number of carbonyl (C=O) groups excluding carboxylic acids is 1. The van der Waals surface area contributed by atoms with Crippen LogP contribution in [0.25, 0.3) is 0 Å². The second kappa shape index (κ2) is 3.61. The van der Waals surface area contributed by atoms with Gasteiger partial charge in [0.15, 0.2) is 5.60 Å². The van der Waals surface area contributed by atoms with Gasteiger partial charge in [0.1, 0.15) is 0 Å². The van der Waals surface area contributed by atoms with Crippen LogP contribution in [-0.4, -0.2) is 40.5 Å². The van der Waals surface area contributed by atoms with Gasteiger partial charge in [0.25, 0.3) is 0 Å². The van der Waals surface area contributed by atoms with Crippen molar-refractivity contribution in [1.82, 2.24) is 0 Å². The lowest BCUT2D eigenvalue weighted by atomic mass is 10.0.